The van der Waals surface area contributed by atoms with Gasteiger partial charge in [0.2, 0.25) is 0 Å². The van der Waals surface area contributed by atoms with Crippen molar-refractivity contribution in [1.82, 2.24) is 0 Å². The molecule has 0 unspecified atom stereocenters. The number of benzene rings is 3. The van der Waals surface area contributed by atoms with Gasteiger partial charge < -0.3 is 14.1 Å². The second-order valence-corrected chi connectivity index (χ2v) is 50.0. The van der Waals surface area contributed by atoms with Crippen LogP contribution in [-0.2, 0) is 63.5 Å². The maximum absolute atomic E-state index is 11.2. The van der Waals surface area contributed by atoms with Crippen molar-refractivity contribution in [3.05, 3.63) is 89.0 Å². The Kier molecular flexibility index (Phi) is 85.6. The summed E-state index contributed by atoms with van der Waals surface area (Å²) in [5.41, 5.74) is 16.3. The van der Waals surface area contributed by atoms with E-state index in [2.05, 4.69) is 177 Å². The zero-order valence-corrected chi connectivity index (χ0v) is 94.2. The highest BCUT2D eigenvalue weighted by molar-refractivity contribution is 6.76. The summed E-state index contributed by atoms with van der Waals surface area (Å²) in [6.07, 6.45) is 31.1. The quantitative estimate of drug-likeness (QED) is 0.0222. The number of hydrogen-bond acceptors (Lipinski definition) is 20. The fourth-order valence-electron chi connectivity index (χ4n) is 12.8. The van der Waals surface area contributed by atoms with Crippen LogP contribution in [0.15, 0.2) is 111 Å². The molecule has 3 aromatic rings. The van der Waals surface area contributed by atoms with E-state index in [4.69, 9.17) is 9.47 Å². The standard InChI is InChI=1S/C19H29NO.C17H33NO.C15H29NO.C13H17NO.C11H13NO.C10H19NO2.C10H21NOSi.C9H17NO2.C8H17NOSi/c1-13(9-14(2)21)20-17-11-15(18(3,4)5)10-16(12-17)19(6,7)8;1-4-5-6-7-8-9-10-11-12-13-14-18-16(2)15-17(3)19;1-4-5-6-7-8-9-10-11-12-16-14(2)13-15(3)17;1-9-5-10(2)7-13(6-9)14-11(3)8-12(4)15;1-9(8-10(2)13)12-11-6-4-3-5-7-11;1-4-7-11-9(5-2)8-10(12)13-6-3;1-9(8-10(2)12)11-6-7-13(3,4)5;1-4-6-10-8(3)7-9(11)12-5-2;1-7(6-8(2)10)9-11(3,4)5/h10-12H,9H2,1-8H3;4-15H2,1-3H3;4-13H2,1-3H3;5-7H,8H2,1-4H3;3-7H,8H2,1-2H3;4-8H2,1-3H3;6-8H2,1-5H3;4-7H2,1-3H3;6H2,1-5H3. The van der Waals surface area contributed by atoms with E-state index in [0.717, 1.165) is 120 Å². The summed E-state index contributed by atoms with van der Waals surface area (Å²) in [4.78, 5) is 133. The van der Waals surface area contributed by atoms with Gasteiger partial charge in [-0.15, -0.1) is 0 Å². The molecule has 0 aliphatic rings. The zero-order chi connectivity index (χ0) is 104. The number of rotatable bonds is 52. The van der Waals surface area contributed by atoms with Crippen molar-refractivity contribution in [2.24, 2.45) is 44.6 Å². The van der Waals surface area contributed by atoms with Crippen LogP contribution in [-0.4, -0.2) is 166 Å². The van der Waals surface area contributed by atoms with Crippen molar-refractivity contribution in [3.63, 3.8) is 0 Å². The smallest absolute Gasteiger partial charge is 0.311 e. The monoisotopic (exact) mass is 1900 g/mol. The Hall–Kier alpha value is -8.25. The number of esters is 2. The number of unbranched alkanes of at least 4 members (excludes halogenated alkanes) is 16. The Labute approximate surface area is 820 Å². The van der Waals surface area contributed by atoms with Crippen molar-refractivity contribution < 1.29 is 52.6 Å². The Morgan fingerprint density at radius 1 is 0.299 bits per heavy atom. The third kappa shape index (κ3) is 101. The van der Waals surface area contributed by atoms with E-state index in [1.807, 2.05) is 126 Å². The third-order valence-electron chi connectivity index (χ3n) is 19.1. The van der Waals surface area contributed by atoms with Crippen LogP contribution in [0.4, 0.5) is 17.1 Å². The minimum absolute atomic E-state index is 0.0833. The van der Waals surface area contributed by atoms with E-state index in [1.54, 1.807) is 55.4 Å². The molecule has 0 heterocycles. The first-order valence-corrected chi connectivity index (χ1v) is 57.4. The van der Waals surface area contributed by atoms with Gasteiger partial charge in [-0.3, -0.25) is 83.1 Å². The lowest BCUT2D eigenvalue weighted by Crippen LogP contribution is -2.20. The van der Waals surface area contributed by atoms with Gasteiger partial charge in [-0.2, -0.15) is 0 Å². The second kappa shape index (κ2) is 84.1. The molecule has 0 N–H and O–H groups in total. The van der Waals surface area contributed by atoms with E-state index >= 15 is 0 Å². The van der Waals surface area contributed by atoms with Crippen LogP contribution >= 0.6 is 0 Å². The lowest BCUT2D eigenvalue weighted by molar-refractivity contribution is -0.142. The number of ether oxygens (including phenoxy) is 2. The van der Waals surface area contributed by atoms with Crippen LogP contribution in [0.2, 0.25) is 45.3 Å². The van der Waals surface area contributed by atoms with Crippen LogP contribution in [0.3, 0.4) is 0 Å². The van der Waals surface area contributed by atoms with Crippen molar-refractivity contribution in [2.75, 3.05) is 45.9 Å². The highest BCUT2D eigenvalue weighted by atomic mass is 28.3. The van der Waals surface area contributed by atoms with E-state index in [0.29, 0.717) is 71.0 Å². The van der Waals surface area contributed by atoms with Gasteiger partial charge in [-0.1, -0.05) is 229 Å². The van der Waals surface area contributed by atoms with Crippen LogP contribution in [0.25, 0.3) is 0 Å². The van der Waals surface area contributed by atoms with Gasteiger partial charge in [0.25, 0.3) is 0 Å². The second-order valence-electron chi connectivity index (χ2n) is 39.9. The molecular weight excluding hydrogens is 1700 g/mol. The van der Waals surface area contributed by atoms with Crippen molar-refractivity contribution in [3.8, 4) is 0 Å². The van der Waals surface area contributed by atoms with Crippen LogP contribution in [0, 0.1) is 13.8 Å². The number of Topliss-reactive ketones (excluding diaryl/α,β-unsaturated/α-hetero) is 7. The molecule has 22 heteroatoms. The van der Waals surface area contributed by atoms with Crippen LogP contribution in [0.5, 0.6) is 0 Å². The summed E-state index contributed by atoms with van der Waals surface area (Å²) in [7, 11) is -2.31. The van der Waals surface area contributed by atoms with Gasteiger partial charge in [0, 0.05) is 137 Å². The molecule has 0 bridgehead atoms. The molecule has 0 aliphatic carbocycles. The highest BCUT2D eigenvalue weighted by Gasteiger charge is 2.21. The van der Waals surface area contributed by atoms with E-state index in [9.17, 15) is 43.2 Å². The topological polar surface area (TPSA) is 283 Å². The molecule has 0 aromatic heterocycles. The number of aliphatic imine (C=N–C) groups is 8. The molecule has 762 valence electrons. The summed E-state index contributed by atoms with van der Waals surface area (Å²) >= 11 is 0. The highest BCUT2D eigenvalue weighted by Crippen LogP contribution is 2.33. The van der Waals surface area contributed by atoms with E-state index in [1.165, 1.54) is 144 Å². The number of carbonyl (C=O) groups excluding carboxylic acids is 9. The van der Waals surface area contributed by atoms with Crippen molar-refractivity contribution in [2.45, 2.75) is 456 Å². The van der Waals surface area contributed by atoms with Crippen LogP contribution < -0.4 is 0 Å². The summed E-state index contributed by atoms with van der Waals surface area (Å²) < 4.78 is 14.1. The average molecular weight is 1900 g/mol. The molecule has 0 radical (unpaired) electrons. The predicted molar refractivity (Wildman–Crippen MR) is 588 cm³/mol. The first-order chi connectivity index (χ1) is 62.4. The Morgan fingerprint density at radius 2 is 0.590 bits per heavy atom. The predicted octanol–water partition coefficient (Wildman–Crippen LogP) is 30.4. The summed E-state index contributed by atoms with van der Waals surface area (Å²) in [5.74, 6) is 0.927. The van der Waals surface area contributed by atoms with Crippen LogP contribution in [0.1, 0.15) is 409 Å². The molecule has 0 atom stereocenters. The molecule has 134 heavy (non-hydrogen) atoms. The normalized spacial score (nSPS) is 12.2. The number of para-hydroxylation sites is 1. The minimum Gasteiger partial charge on any atom is -0.466 e. The molecule has 0 amide bonds. The first kappa shape index (κ1) is 136. The van der Waals surface area contributed by atoms with E-state index in [-0.39, 0.29) is 63.3 Å². The number of aryl methyl sites for hydroxylation is 2. The number of carbonyl (C=O) groups is 9. The molecule has 0 spiro atoms. The molecule has 0 saturated heterocycles. The molecule has 20 nitrogen and oxygen atoms in total. The lowest BCUT2D eigenvalue weighted by atomic mass is 9.80. The Morgan fingerprint density at radius 3 is 0.903 bits per heavy atom. The summed E-state index contributed by atoms with van der Waals surface area (Å²) in [5, 5.41) is 0. The third-order valence-corrected chi connectivity index (χ3v) is 21.9. The lowest BCUT2D eigenvalue weighted by Gasteiger charge is -2.25. The van der Waals surface area contributed by atoms with Gasteiger partial charge in [-0.25, -0.2) is 0 Å². The first-order valence-electron chi connectivity index (χ1n) is 50.2. The Bertz CT molecular complexity index is 4010. The SMILES string of the molecule is CC(=O)CC(C)=NCC[Si](C)(C)C.CC(=O)CC(C)=N[Si](C)(C)C.CC(=O)CC(C)=Nc1cc(C(C)(C)C)cc(C(C)(C)C)c1.CC(=O)CC(C)=Nc1cc(C)cc(C)c1.CC(=O)CC(C)=Nc1ccccc1.CCCCCCCCCCCCN=C(C)CC(C)=O.CCCCCCCCCCN=C(C)CC(C)=O.CCCN=C(C)CC(=O)OCC.CCCN=C(CC)CC(=O)OCC. The number of hydrogen-bond donors (Lipinski definition) is 0. The number of nitrogens with zero attached hydrogens (tertiary/aromatic N) is 9. The fourth-order valence-corrected chi connectivity index (χ4v) is 14.8. The molecule has 3 rings (SSSR count). The van der Waals surface area contributed by atoms with E-state index < -0.39 is 16.3 Å². The van der Waals surface area contributed by atoms with Crippen molar-refractivity contribution in [1.29, 1.82) is 0 Å². The van der Waals surface area contributed by atoms with Gasteiger partial charge in [0.05, 0.1) is 43.1 Å². The molecule has 0 aliphatic heterocycles. The molecule has 3 aromatic carbocycles. The van der Waals surface area contributed by atoms with Crippen molar-refractivity contribution >= 4 is 137 Å². The van der Waals surface area contributed by atoms with Gasteiger partial charge in [-0.05, 0) is 259 Å². The fraction of sp³-hybridized carbons (Fsp3) is 0.679. The zero-order valence-electron chi connectivity index (χ0n) is 92.2. The number of ketones is 7. The maximum atomic E-state index is 11.2. The van der Waals surface area contributed by atoms with Gasteiger partial charge in [0.1, 0.15) is 40.5 Å². The summed E-state index contributed by atoms with van der Waals surface area (Å²) in [6, 6.07) is 23.6. The molecule has 0 saturated carbocycles. The largest absolute Gasteiger partial charge is 0.466 e. The molecule has 0 fully saturated rings. The van der Waals surface area contributed by atoms with Gasteiger partial charge in [0.15, 0.2) is 8.24 Å². The van der Waals surface area contributed by atoms with Gasteiger partial charge >= 0.3 is 11.9 Å². The average Bonchev–Trinajstić information content (AvgIpc) is 0.803. The Balaban J connectivity index is -0.000000346. The minimum atomic E-state index is -1.35. The molecular formula is C112H195N9O11Si2. The summed E-state index contributed by atoms with van der Waals surface area (Å²) in [6.45, 7) is 76.8. The maximum Gasteiger partial charge on any atom is 0.311 e.